The van der Waals surface area contributed by atoms with E-state index < -0.39 is 0 Å². The normalized spacial score (nSPS) is 13.2. The molecule has 0 amide bonds. The molecule has 2 atom stereocenters. The van der Waals surface area contributed by atoms with E-state index in [1.54, 1.807) is 0 Å². The number of thioether (sulfide) groups is 2. The van der Waals surface area contributed by atoms with Crippen LogP contribution in [-0.2, 0) is 0 Å². The maximum Gasteiger partial charge on any atom is 0.247 e. The first-order valence-corrected chi connectivity index (χ1v) is 12.7. The molecule has 5 aromatic rings. The molecule has 0 saturated heterocycles. The van der Waals surface area contributed by atoms with Crippen LogP contribution in [-0.4, -0.2) is 30.6 Å². The second-order valence-corrected chi connectivity index (χ2v) is 11.1. The fraction of sp³-hybridized carbons (Fsp3) is 0.182. The highest BCUT2D eigenvalue weighted by Crippen LogP contribution is 2.41. The maximum absolute atomic E-state index is 5.85. The molecular weight excluding hydrogens is 476 g/mol. The van der Waals surface area contributed by atoms with E-state index in [0.29, 0.717) is 23.6 Å². The molecule has 0 unspecified atom stereocenters. The number of benzene rings is 2. The van der Waals surface area contributed by atoms with Crippen LogP contribution in [0, 0.1) is 0 Å². The van der Waals surface area contributed by atoms with Crippen LogP contribution in [0.5, 0.6) is 0 Å². The van der Waals surface area contributed by atoms with Crippen molar-refractivity contribution in [2.24, 2.45) is 0 Å². The Labute approximate surface area is 202 Å². The second kappa shape index (κ2) is 9.86. The zero-order valence-corrected chi connectivity index (χ0v) is 20.1. The van der Waals surface area contributed by atoms with E-state index in [0.717, 1.165) is 19.8 Å². The van der Waals surface area contributed by atoms with Gasteiger partial charge in [0, 0.05) is 11.1 Å². The van der Waals surface area contributed by atoms with Crippen molar-refractivity contribution in [1.29, 1.82) is 0 Å². The van der Waals surface area contributed by atoms with Gasteiger partial charge in [-0.25, -0.2) is 0 Å². The molecular formula is C22H18N6O2S3. The van der Waals surface area contributed by atoms with Crippen LogP contribution in [0.1, 0.15) is 36.1 Å². The average Bonchev–Trinajstić information content (AvgIpc) is 3.61. The monoisotopic (exact) mass is 494 g/mol. The summed E-state index contributed by atoms with van der Waals surface area (Å²) < 4.78 is 13.4. The van der Waals surface area contributed by atoms with Crippen molar-refractivity contribution in [3.63, 3.8) is 0 Å². The van der Waals surface area contributed by atoms with Gasteiger partial charge >= 0.3 is 0 Å². The third kappa shape index (κ3) is 5.15. The van der Waals surface area contributed by atoms with E-state index in [9.17, 15) is 0 Å². The molecule has 0 bridgehead atoms. The minimum Gasteiger partial charge on any atom is -0.419 e. The first-order valence-electron chi connectivity index (χ1n) is 10.1. The van der Waals surface area contributed by atoms with Gasteiger partial charge in [-0.3, -0.25) is 0 Å². The molecule has 33 heavy (non-hydrogen) atoms. The fourth-order valence-corrected chi connectivity index (χ4v) is 6.26. The first kappa shape index (κ1) is 21.8. The Morgan fingerprint density at radius 2 is 1.03 bits per heavy atom. The topological polar surface area (TPSA) is 104 Å². The summed E-state index contributed by atoms with van der Waals surface area (Å²) >= 11 is 4.58. The van der Waals surface area contributed by atoms with Gasteiger partial charge in [0.2, 0.25) is 23.6 Å². The molecule has 0 aliphatic rings. The summed E-state index contributed by atoms with van der Waals surface area (Å²) in [6.45, 7) is 4.01. The molecule has 8 nitrogen and oxygen atoms in total. The molecule has 0 aliphatic carbocycles. The second-order valence-electron chi connectivity index (χ2n) is 6.98. The van der Waals surface area contributed by atoms with E-state index >= 15 is 0 Å². The molecule has 3 aromatic heterocycles. The lowest BCUT2D eigenvalue weighted by molar-refractivity contribution is 0.509. The smallest absolute Gasteiger partial charge is 0.247 e. The van der Waals surface area contributed by atoms with Crippen LogP contribution in [0.2, 0.25) is 0 Å². The average molecular weight is 495 g/mol. The lowest BCUT2D eigenvalue weighted by Crippen LogP contribution is -1.88. The predicted molar refractivity (Wildman–Crippen MR) is 128 cm³/mol. The highest BCUT2D eigenvalue weighted by Gasteiger charge is 2.21. The molecule has 0 spiro atoms. The Morgan fingerprint density at radius 3 is 1.45 bits per heavy atom. The van der Waals surface area contributed by atoms with Gasteiger partial charge in [0.1, 0.15) is 0 Å². The molecule has 0 radical (unpaired) electrons. The van der Waals surface area contributed by atoms with Gasteiger partial charge in [-0.15, -0.1) is 30.6 Å². The van der Waals surface area contributed by atoms with Gasteiger partial charge in [0.25, 0.3) is 0 Å². The summed E-state index contributed by atoms with van der Waals surface area (Å²) in [5.74, 6) is 2.12. The molecule has 0 fully saturated rings. The van der Waals surface area contributed by atoms with Gasteiger partial charge in [-0.1, -0.05) is 71.3 Å². The molecule has 5 rings (SSSR count). The number of hydrogen-bond acceptors (Lipinski definition) is 11. The highest BCUT2D eigenvalue weighted by atomic mass is 32.2. The van der Waals surface area contributed by atoms with Gasteiger partial charge < -0.3 is 8.83 Å². The molecule has 11 heteroatoms. The molecule has 0 saturated carbocycles. The quantitative estimate of drug-likeness (QED) is 0.227. The fourth-order valence-electron chi connectivity index (χ4n) is 2.89. The Kier molecular flexibility index (Phi) is 6.51. The third-order valence-corrected chi connectivity index (χ3v) is 7.83. The van der Waals surface area contributed by atoms with Gasteiger partial charge in [0.15, 0.2) is 8.68 Å². The molecule has 0 N–H and O–H groups in total. The van der Waals surface area contributed by atoms with E-state index in [4.69, 9.17) is 8.83 Å². The summed E-state index contributed by atoms with van der Waals surface area (Å²) in [5.41, 5.74) is 1.79. The largest absolute Gasteiger partial charge is 0.419 e. The summed E-state index contributed by atoms with van der Waals surface area (Å²) in [6.07, 6.45) is 0. The van der Waals surface area contributed by atoms with Crippen molar-refractivity contribution in [2.75, 3.05) is 0 Å². The van der Waals surface area contributed by atoms with Crippen LogP contribution in [0.3, 0.4) is 0 Å². The lowest BCUT2D eigenvalue weighted by atomic mass is 10.2. The van der Waals surface area contributed by atoms with Gasteiger partial charge in [-0.05, 0) is 38.1 Å². The Bertz CT molecular complexity index is 1220. The van der Waals surface area contributed by atoms with Gasteiger partial charge in [0.05, 0.1) is 10.5 Å². The van der Waals surface area contributed by atoms with Crippen LogP contribution in [0.15, 0.2) is 78.2 Å². The van der Waals surface area contributed by atoms with E-state index in [-0.39, 0.29) is 10.5 Å². The summed E-state index contributed by atoms with van der Waals surface area (Å²) in [6, 6.07) is 19.4. The van der Waals surface area contributed by atoms with E-state index in [1.807, 2.05) is 74.5 Å². The van der Waals surface area contributed by atoms with Crippen molar-refractivity contribution < 1.29 is 8.83 Å². The zero-order chi connectivity index (χ0) is 22.6. The van der Waals surface area contributed by atoms with E-state index in [2.05, 4.69) is 30.6 Å². The molecule has 166 valence electrons. The van der Waals surface area contributed by atoms with Crippen molar-refractivity contribution in [1.82, 2.24) is 30.6 Å². The number of rotatable bonds is 8. The van der Waals surface area contributed by atoms with E-state index in [1.165, 1.54) is 34.9 Å². The maximum atomic E-state index is 5.85. The minimum absolute atomic E-state index is 0.0532. The Morgan fingerprint density at radius 1 is 0.606 bits per heavy atom. The first-order chi connectivity index (χ1) is 16.2. The highest BCUT2D eigenvalue weighted by molar-refractivity contribution is 8.03. The van der Waals surface area contributed by atoms with Crippen molar-refractivity contribution in [3.8, 4) is 22.9 Å². The molecule has 3 heterocycles. The summed E-state index contributed by atoms with van der Waals surface area (Å²) in [5, 5.41) is 25.2. The van der Waals surface area contributed by atoms with Crippen molar-refractivity contribution >= 4 is 34.9 Å². The number of nitrogens with zero attached hydrogens (tertiary/aromatic N) is 6. The number of aromatic nitrogens is 6. The van der Waals surface area contributed by atoms with Crippen LogP contribution < -0.4 is 0 Å². The Hall–Kier alpha value is -3.02. The van der Waals surface area contributed by atoms with Gasteiger partial charge in [-0.2, -0.15) is 0 Å². The van der Waals surface area contributed by atoms with Crippen LogP contribution in [0.25, 0.3) is 22.9 Å². The summed E-state index contributed by atoms with van der Waals surface area (Å²) in [7, 11) is 0. The summed E-state index contributed by atoms with van der Waals surface area (Å²) in [4.78, 5) is 0. The van der Waals surface area contributed by atoms with Crippen molar-refractivity contribution in [2.45, 2.75) is 33.0 Å². The standard InChI is InChI=1S/C22H18N6O2S3/c1-13(17-23-25-19(29-17)15-9-5-3-6-10-15)31-21-27-28-22(33-21)32-14(2)18-24-26-20(30-18)16-11-7-4-8-12-16/h3-14H,1-2H3/t13-,14+. The van der Waals surface area contributed by atoms with Crippen LogP contribution >= 0.6 is 34.9 Å². The number of hydrogen-bond donors (Lipinski definition) is 0. The molecule has 2 aromatic carbocycles. The zero-order valence-electron chi connectivity index (χ0n) is 17.7. The SMILES string of the molecule is C[C@H](Sc1nnc(S[C@H](C)c2nnc(-c3ccccc3)o2)s1)c1nnc(-c2ccccc2)o1. The lowest BCUT2D eigenvalue weighted by Gasteiger charge is -2.03. The third-order valence-electron chi connectivity index (χ3n) is 4.56. The van der Waals surface area contributed by atoms with Crippen molar-refractivity contribution in [3.05, 3.63) is 72.4 Å². The van der Waals surface area contributed by atoms with Crippen LogP contribution in [0.4, 0.5) is 0 Å². The molecule has 0 aliphatic heterocycles. The Balaban J connectivity index is 1.21. The predicted octanol–water partition coefficient (Wildman–Crippen LogP) is 6.34. The minimum atomic E-state index is -0.0532.